The molecule has 2 heterocycles. The Morgan fingerprint density at radius 1 is 0.892 bits per heavy atom. The van der Waals surface area contributed by atoms with Gasteiger partial charge in [0.2, 0.25) is 0 Å². The SMILES string of the molecule is COC(=O)c1cc(-c2ccc(N3CC[N-]CC3)cc2)cc(-n2cc(-c3ccc(C(F)(F)F)cc3)nn2)c1. The lowest BCUT2D eigenvalue weighted by Gasteiger charge is -2.37. The lowest BCUT2D eigenvalue weighted by Crippen LogP contribution is -2.33. The predicted molar refractivity (Wildman–Crippen MR) is 134 cm³/mol. The smallest absolute Gasteiger partial charge is 0.416 e. The summed E-state index contributed by atoms with van der Waals surface area (Å²) in [5.41, 5.74) is 3.85. The van der Waals surface area contributed by atoms with Crippen molar-refractivity contribution >= 4 is 11.7 Å². The third kappa shape index (κ3) is 5.34. The highest BCUT2D eigenvalue weighted by molar-refractivity contribution is 5.92. The standard InChI is InChI=1S/C27H23F3N5O2/c1-37-26(36)21-14-20(18-4-8-23(9-5-18)34-12-10-31-11-13-34)15-24(16-21)35-17-25(32-33-35)19-2-6-22(7-3-19)27(28,29)30/h2-9,14-17H,10-13H2,1H3/q-1. The van der Waals surface area contributed by atoms with E-state index < -0.39 is 17.7 Å². The van der Waals surface area contributed by atoms with E-state index in [0.717, 1.165) is 55.1 Å². The Morgan fingerprint density at radius 3 is 2.22 bits per heavy atom. The highest BCUT2D eigenvalue weighted by Gasteiger charge is 2.30. The molecule has 10 heteroatoms. The molecule has 4 aromatic rings. The van der Waals surface area contributed by atoms with Crippen LogP contribution >= 0.6 is 0 Å². The van der Waals surface area contributed by atoms with Crippen molar-refractivity contribution in [3.05, 3.63) is 89.4 Å². The lowest BCUT2D eigenvalue weighted by atomic mass is 10.0. The van der Waals surface area contributed by atoms with Crippen LogP contribution in [0.25, 0.3) is 33.4 Å². The number of carbonyl (C=O) groups excluding carboxylic acids is 1. The number of hydrogen-bond acceptors (Lipinski definition) is 5. The van der Waals surface area contributed by atoms with Crippen LogP contribution in [-0.2, 0) is 10.9 Å². The summed E-state index contributed by atoms with van der Waals surface area (Å²) in [7, 11) is 1.31. The summed E-state index contributed by atoms with van der Waals surface area (Å²) in [6.45, 7) is 3.40. The number of alkyl halides is 3. The molecule has 1 aliphatic rings. The van der Waals surface area contributed by atoms with E-state index in [1.165, 1.54) is 23.9 Å². The number of nitrogens with zero attached hydrogens (tertiary/aromatic N) is 5. The van der Waals surface area contributed by atoms with Crippen molar-refractivity contribution in [1.82, 2.24) is 15.0 Å². The van der Waals surface area contributed by atoms with Crippen LogP contribution in [0.3, 0.4) is 0 Å². The topological polar surface area (TPSA) is 74.3 Å². The molecule has 1 fully saturated rings. The average Bonchev–Trinajstić information content (AvgIpc) is 3.43. The second-order valence-corrected chi connectivity index (χ2v) is 8.59. The maximum absolute atomic E-state index is 12.9. The number of anilines is 1. The molecule has 1 aliphatic heterocycles. The molecule has 0 spiro atoms. The molecular formula is C27H23F3N5O2-. The molecule has 1 aromatic heterocycles. The molecule has 0 radical (unpaired) electrons. The predicted octanol–water partition coefficient (Wildman–Crippen LogP) is 5.60. The minimum absolute atomic E-state index is 0.336. The van der Waals surface area contributed by atoms with Gasteiger partial charge in [0.25, 0.3) is 0 Å². The van der Waals surface area contributed by atoms with Gasteiger partial charge in [0, 0.05) is 11.3 Å². The van der Waals surface area contributed by atoms with Crippen LogP contribution in [0.4, 0.5) is 18.9 Å². The summed E-state index contributed by atoms with van der Waals surface area (Å²) in [6.07, 6.45) is -2.81. The highest BCUT2D eigenvalue weighted by Crippen LogP contribution is 2.31. The molecule has 0 N–H and O–H groups in total. The molecule has 3 aromatic carbocycles. The first-order valence-electron chi connectivity index (χ1n) is 11.6. The van der Waals surface area contributed by atoms with E-state index in [1.807, 2.05) is 30.3 Å². The summed E-state index contributed by atoms with van der Waals surface area (Å²) in [5.74, 6) is -0.500. The maximum Gasteiger partial charge on any atom is 0.416 e. The van der Waals surface area contributed by atoms with Gasteiger partial charge in [-0.3, -0.25) is 0 Å². The van der Waals surface area contributed by atoms with Crippen LogP contribution in [0.5, 0.6) is 0 Å². The first-order chi connectivity index (χ1) is 17.8. The molecule has 0 amide bonds. The van der Waals surface area contributed by atoms with Gasteiger partial charge in [0.1, 0.15) is 5.69 Å². The Labute approximate surface area is 211 Å². The second-order valence-electron chi connectivity index (χ2n) is 8.59. The van der Waals surface area contributed by atoms with Gasteiger partial charge in [-0.15, -0.1) is 18.2 Å². The lowest BCUT2D eigenvalue weighted by molar-refractivity contribution is -0.137. The highest BCUT2D eigenvalue weighted by atomic mass is 19.4. The van der Waals surface area contributed by atoms with Crippen molar-refractivity contribution in [3.63, 3.8) is 0 Å². The average molecular weight is 507 g/mol. The monoisotopic (exact) mass is 506 g/mol. The molecule has 0 atom stereocenters. The molecule has 0 aliphatic carbocycles. The number of rotatable bonds is 5. The molecule has 5 rings (SSSR count). The zero-order valence-corrected chi connectivity index (χ0v) is 19.9. The molecular weight excluding hydrogens is 483 g/mol. The van der Waals surface area contributed by atoms with E-state index in [-0.39, 0.29) is 0 Å². The van der Waals surface area contributed by atoms with E-state index >= 15 is 0 Å². The van der Waals surface area contributed by atoms with Gasteiger partial charge in [-0.2, -0.15) is 13.2 Å². The second kappa shape index (κ2) is 10.1. The first-order valence-corrected chi connectivity index (χ1v) is 11.6. The number of hydrogen-bond donors (Lipinski definition) is 0. The van der Waals surface area contributed by atoms with Gasteiger partial charge in [-0.25, -0.2) is 9.48 Å². The molecule has 37 heavy (non-hydrogen) atoms. The summed E-state index contributed by atoms with van der Waals surface area (Å²) in [6, 6.07) is 18.0. The summed E-state index contributed by atoms with van der Waals surface area (Å²) < 4.78 is 45.1. The number of benzene rings is 3. The molecule has 190 valence electrons. The van der Waals surface area contributed by atoms with E-state index in [9.17, 15) is 18.0 Å². The van der Waals surface area contributed by atoms with Crippen molar-refractivity contribution in [2.75, 3.05) is 38.2 Å². The Bertz CT molecular complexity index is 1390. The Balaban J connectivity index is 1.47. The van der Waals surface area contributed by atoms with Gasteiger partial charge < -0.3 is 15.0 Å². The Morgan fingerprint density at radius 2 is 1.57 bits per heavy atom. The van der Waals surface area contributed by atoms with Crippen LogP contribution in [0.15, 0.2) is 72.9 Å². The van der Waals surface area contributed by atoms with E-state index in [4.69, 9.17) is 4.74 Å². The van der Waals surface area contributed by atoms with Gasteiger partial charge in [0.15, 0.2) is 0 Å². The van der Waals surface area contributed by atoms with Crippen LogP contribution in [-0.4, -0.2) is 54.3 Å². The zero-order chi connectivity index (χ0) is 26.0. The van der Waals surface area contributed by atoms with E-state index in [1.54, 1.807) is 18.3 Å². The van der Waals surface area contributed by atoms with E-state index in [2.05, 4.69) is 20.5 Å². The van der Waals surface area contributed by atoms with Crippen LogP contribution in [0.2, 0.25) is 0 Å². The third-order valence-electron chi connectivity index (χ3n) is 6.23. The van der Waals surface area contributed by atoms with Gasteiger partial charge in [-0.1, -0.05) is 29.5 Å². The number of piperazine rings is 1. The van der Waals surface area contributed by atoms with Crippen molar-refractivity contribution in [2.24, 2.45) is 0 Å². The Hall–Kier alpha value is -4.18. The normalized spacial score (nSPS) is 14.0. The summed E-state index contributed by atoms with van der Waals surface area (Å²) in [4.78, 5) is 14.7. The first kappa shape index (κ1) is 24.5. The Kier molecular flexibility index (Phi) is 6.66. The largest absolute Gasteiger partial charge is 0.659 e. The van der Waals surface area contributed by atoms with Crippen molar-refractivity contribution in [1.29, 1.82) is 0 Å². The van der Waals surface area contributed by atoms with Crippen molar-refractivity contribution in [3.8, 4) is 28.1 Å². The minimum Gasteiger partial charge on any atom is -0.659 e. The van der Waals surface area contributed by atoms with Crippen LogP contribution in [0, 0.1) is 0 Å². The number of carbonyl (C=O) groups is 1. The van der Waals surface area contributed by atoms with Gasteiger partial charge in [0.05, 0.1) is 30.1 Å². The van der Waals surface area contributed by atoms with Crippen LogP contribution < -0.4 is 4.90 Å². The number of ether oxygens (including phenoxy) is 1. The zero-order valence-electron chi connectivity index (χ0n) is 19.9. The van der Waals surface area contributed by atoms with Crippen molar-refractivity contribution in [2.45, 2.75) is 6.18 Å². The molecule has 7 nitrogen and oxygen atoms in total. The van der Waals surface area contributed by atoms with Gasteiger partial charge >= 0.3 is 12.1 Å². The number of methoxy groups -OCH3 is 1. The fraction of sp³-hybridized carbons (Fsp3) is 0.222. The quantitative estimate of drug-likeness (QED) is 0.330. The molecule has 0 unspecified atom stereocenters. The fourth-order valence-corrected chi connectivity index (χ4v) is 4.23. The molecule has 1 saturated heterocycles. The van der Waals surface area contributed by atoms with Crippen LogP contribution in [0.1, 0.15) is 15.9 Å². The van der Waals surface area contributed by atoms with Crippen molar-refractivity contribution < 1.29 is 22.7 Å². The number of aromatic nitrogens is 3. The molecule has 0 bridgehead atoms. The fourth-order valence-electron chi connectivity index (χ4n) is 4.23. The maximum atomic E-state index is 12.9. The third-order valence-corrected chi connectivity index (χ3v) is 6.23. The van der Waals surface area contributed by atoms with E-state index in [0.29, 0.717) is 22.5 Å². The number of halogens is 3. The molecule has 0 saturated carbocycles. The minimum atomic E-state index is -4.41. The van der Waals surface area contributed by atoms with Gasteiger partial charge in [-0.05, 0) is 66.7 Å². The number of esters is 1. The summed E-state index contributed by atoms with van der Waals surface area (Å²) in [5, 5.41) is 12.6. The summed E-state index contributed by atoms with van der Waals surface area (Å²) >= 11 is 0.